The maximum Gasteiger partial charge on any atom is 0.353 e. The van der Waals surface area contributed by atoms with Crippen LogP contribution in [0, 0.1) is 24.0 Å². The lowest BCUT2D eigenvalue weighted by molar-refractivity contribution is -0.383. The van der Waals surface area contributed by atoms with Crippen LogP contribution in [0.2, 0.25) is 0 Å². The summed E-state index contributed by atoms with van der Waals surface area (Å²) in [6, 6.07) is 11.9. The Morgan fingerprint density at radius 2 is 1.86 bits per heavy atom. The molecule has 0 radical (unpaired) electrons. The van der Waals surface area contributed by atoms with E-state index in [1.807, 2.05) is 23.1 Å². The third-order valence-electron chi connectivity index (χ3n) is 6.30. The molecule has 3 heterocycles. The molecule has 11 heteroatoms. The minimum absolute atomic E-state index is 0.128. The summed E-state index contributed by atoms with van der Waals surface area (Å²) in [4.78, 5) is 29.0. The van der Waals surface area contributed by atoms with Crippen molar-refractivity contribution in [2.45, 2.75) is 13.8 Å². The highest BCUT2D eigenvalue weighted by atomic mass is 32.1. The summed E-state index contributed by atoms with van der Waals surface area (Å²) >= 11 is 1.38. The van der Waals surface area contributed by atoms with Gasteiger partial charge in [0.25, 0.3) is 0 Å². The quantitative estimate of drug-likeness (QED) is 0.303. The minimum Gasteiger partial charge on any atom is -0.497 e. The molecule has 0 atom stereocenters. The van der Waals surface area contributed by atoms with Crippen LogP contribution in [-0.4, -0.2) is 53.2 Å². The Hall–Kier alpha value is -3.99. The highest BCUT2D eigenvalue weighted by Crippen LogP contribution is 2.37. The highest BCUT2D eigenvalue weighted by molar-refractivity contribution is 7.22. The molecular formula is C24H25N7O3S. The van der Waals surface area contributed by atoms with E-state index in [4.69, 9.17) is 4.74 Å². The molecule has 1 saturated heterocycles. The molecule has 0 aliphatic carbocycles. The topological polar surface area (TPSA) is 110 Å². The molecule has 4 aromatic rings. The van der Waals surface area contributed by atoms with Crippen LogP contribution in [0.15, 0.2) is 42.7 Å². The van der Waals surface area contributed by atoms with Crippen molar-refractivity contribution in [1.82, 2.24) is 15.0 Å². The van der Waals surface area contributed by atoms with Gasteiger partial charge in [-0.15, -0.1) is 0 Å². The molecule has 0 spiro atoms. The zero-order chi connectivity index (χ0) is 24.5. The number of ether oxygens (including phenoxy) is 1. The molecule has 2 aromatic carbocycles. The van der Waals surface area contributed by atoms with Gasteiger partial charge in [-0.05, 0) is 49.2 Å². The number of hydrogen-bond acceptors (Lipinski definition) is 10. The molecule has 0 unspecified atom stereocenters. The Kier molecular flexibility index (Phi) is 6.08. The van der Waals surface area contributed by atoms with Crippen LogP contribution in [0.3, 0.4) is 0 Å². The van der Waals surface area contributed by atoms with E-state index in [1.54, 1.807) is 7.11 Å². The number of piperazine rings is 1. The summed E-state index contributed by atoms with van der Waals surface area (Å²) in [6.45, 7) is 6.96. The van der Waals surface area contributed by atoms with Crippen molar-refractivity contribution >= 4 is 49.7 Å². The van der Waals surface area contributed by atoms with Crippen LogP contribution in [-0.2, 0) is 0 Å². The number of nitrogens with zero attached hydrogens (tertiary/aromatic N) is 6. The second-order valence-electron chi connectivity index (χ2n) is 8.32. The van der Waals surface area contributed by atoms with E-state index in [9.17, 15) is 10.1 Å². The Morgan fingerprint density at radius 3 is 2.60 bits per heavy atom. The molecule has 180 valence electrons. The van der Waals surface area contributed by atoms with Crippen molar-refractivity contribution in [3.8, 4) is 5.75 Å². The van der Waals surface area contributed by atoms with Gasteiger partial charge < -0.3 is 19.9 Å². The number of methoxy groups -OCH3 is 1. The molecule has 5 rings (SSSR count). The van der Waals surface area contributed by atoms with E-state index in [0.29, 0.717) is 24.0 Å². The van der Waals surface area contributed by atoms with Gasteiger partial charge in [0.2, 0.25) is 11.6 Å². The Balaban J connectivity index is 1.39. The zero-order valence-corrected chi connectivity index (χ0v) is 20.5. The summed E-state index contributed by atoms with van der Waals surface area (Å²) in [6.07, 6.45) is 1.36. The molecule has 2 aromatic heterocycles. The maximum atomic E-state index is 12.1. The van der Waals surface area contributed by atoms with Crippen LogP contribution in [0.5, 0.6) is 5.75 Å². The summed E-state index contributed by atoms with van der Waals surface area (Å²) in [5, 5.41) is 15.7. The van der Waals surface area contributed by atoms with Crippen LogP contribution >= 0.6 is 11.3 Å². The highest BCUT2D eigenvalue weighted by Gasteiger charge is 2.30. The van der Waals surface area contributed by atoms with Crippen LogP contribution in [0.25, 0.3) is 10.2 Å². The van der Waals surface area contributed by atoms with Gasteiger partial charge in [-0.2, -0.15) is 0 Å². The maximum absolute atomic E-state index is 12.1. The van der Waals surface area contributed by atoms with Crippen LogP contribution in [0.1, 0.15) is 11.1 Å². The molecule has 1 N–H and O–H groups in total. The number of aromatic nitrogens is 3. The Morgan fingerprint density at radius 1 is 1.09 bits per heavy atom. The number of nitro groups is 1. The first-order chi connectivity index (χ1) is 16.9. The predicted molar refractivity (Wildman–Crippen MR) is 138 cm³/mol. The lowest BCUT2D eigenvalue weighted by atomic mass is 10.1. The number of hydrogen-bond donors (Lipinski definition) is 1. The number of fused-ring (bicyclic) bond motifs is 1. The molecule has 35 heavy (non-hydrogen) atoms. The molecule has 10 nitrogen and oxygen atoms in total. The summed E-state index contributed by atoms with van der Waals surface area (Å²) in [5.41, 5.74) is 4.34. The number of nitrogens with one attached hydrogen (secondary N) is 1. The standard InChI is InChI=1S/C24H25N7O3S/c1-15-5-4-6-19(16(15)2)29-9-11-30(12-10-29)23-21(31(32)33)22(25-14-26-23)28-24-27-18-8-7-17(34-3)13-20(18)35-24/h4-8,13-14H,9-12H2,1-3H3,(H,25,26,27,28). The monoisotopic (exact) mass is 491 g/mol. The predicted octanol–water partition coefficient (Wildman–Crippen LogP) is 4.69. The van der Waals surface area contributed by atoms with Gasteiger partial charge in [0.1, 0.15) is 12.1 Å². The lowest BCUT2D eigenvalue weighted by Crippen LogP contribution is -2.47. The molecule has 1 aliphatic heterocycles. The van der Waals surface area contributed by atoms with Gasteiger partial charge >= 0.3 is 5.69 Å². The average Bonchev–Trinajstić information content (AvgIpc) is 3.27. The van der Waals surface area contributed by atoms with Gasteiger partial charge in [0.15, 0.2) is 5.13 Å². The largest absolute Gasteiger partial charge is 0.497 e. The number of rotatable bonds is 6. The van der Waals surface area contributed by atoms with E-state index >= 15 is 0 Å². The van der Waals surface area contributed by atoms with Gasteiger partial charge in [-0.1, -0.05) is 23.5 Å². The molecular weight excluding hydrogens is 466 g/mol. The van der Waals surface area contributed by atoms with Crippen molar-refractivity contribution in [1.29, 1.82) is 0 Å². The first-order valence-electron chi connectivity index (χ1n) is 11.2. The molecule has 0 amide bonds. The average molecular weight is 492 g/mol. The number of aryl methyl sites for hydroxylation is 1. The molecule has 0 bridgehead atoms. The lowest BCUT2D eigenvalue weighted by Gasteiger charge is -2.37. The molecule has 0 saturated carbocycles. The van der Waals surface area contributed by atoms with E-state index < -0.39 is 4.92 Å². The van der Waals surface area contributed by atoms with Crippen molar-refractivity contribution in [2.75, 3.05) is 48.4 Å². The number of benzene rings is 2. The van der Waals surface area contributed by atoms with Crippen molar-refractivity contribution in [3.05, 3.63) is 64.0 Å². The van der Waals surface area contributed by atoms with Crippen LogP contribution in [0.4, 0.5) is 28.1 Å². The molecule has 1 aliphatic rings. The Bertz CT molecular complexity index is 1400. The summed E-state index contributed by atoms with van der Waals surface area (Å²) in [7, 11) is 1.61. The molecule has 1 fully saturated rings. The second-order valence-corrected chi connectivity index (χ2v) is 9.35. The van der Waals surface area contributed by atoms with Gasteiger partial charge in [0.05, 0.1) is 22.2 Å². The van der Waals surface area contributed by atoms with Gasteiger partial charge in [-0.3, -0.25) is 10.1 Å². The Labute approximate surface area is 206 Å². The summed E-state index contributed by atoms with van der Waals surface area (Å²) in [5.74, 6) is 1.17. The van der Waals surface area contributed by atoms with Gasteiger partial charge in [-0.25, -0.2) is 15.0 Å². The minimum atomic E-state index is -0.426. The van der Waals surface area contributed by atoms with E-state index in [-0.39, 0.29) is 11.5 Å². The van der Waals surface area contributed by atoms with Crippen molar-refractivity contribution in [3.63, 3.8) is 0 Å². The fourth-order valence-corrected chi connectivity index (χ4v) is 5.18. The number of thiazole rings is 1. The fourth-order valence-electron chi connectivity index (χ4n) is 4.28. The van der Waals surface area contributed by atoms with Gasteiger partial charge in [0, 0.05) is 31.9 Å². The zero-order valence-electron chi connectivity index (χ0n) is 19.7. The van der Waals surface area contributed by atoms with E-state index in [1.165, 1.54) is 34.5 Å². The van der Waals surface area contributed by atoms with E-state index in [2.05, 4.69) is 57.2 Å². The first kappa shape index (κ1) is 22.8. The smallest absolute Gasteiger partial charge is 0.353 e. The normalized spacial score (nSPS) is 13.8. The second kappa shape index (κ2) is 9.34. The fraction of sp³-hybridized carbons (Fsp3) is 0.292. The third-order valence-corrected chi connectivity index (χ3v) is 7.24. The first-order valence-corrected chi connectivity index (χ1v) is 12.0. The van der Waals surface area contributed by atoms with E-state index in [0.717, 1.165) is 29.1 Å². The third kappa shape index (κ3) is 4.42. The SMILES string of the molecule is COc1ccc2nc(Nc3ncnc(N4CCN(c5cccc(C)c5C)CC4)c3[N+](=O)[O-])sc2c1. The number of anilines is 4. The van der Waals surface area contributed by atoms with Crippen molar-refractivity contribution in [2.24, 2.45) is 0 Å². The van der Waals surface area contributed by atoms with Crippen LogP contribution < -0.4 is 19.9 Å². The summed E-state index contributed by atoms with van der Waals surface area (Å²) < 4.78 is 6.18. The van der Waals surface area contributed by atoms with Crippen molar-refractivity contribution < 1.29 is 9.66 Å².